The predicted molar refractivity (Wildman–Crippen MR) is 48.3 cm³/mol. The molecule has 1 fully saturated rings. The SMILES string of the molecule is O=C1C(=[PH3])[C@@H]2SCC=CN12. The number of carbonyl (C=O) groups excluding carboxylic acids is 1. The van der Waals surface area contributed by atoms with Gasteiger partial charge >= 0.3 is 0 Å². The van der Waals surface area contributed by atoms with E-state index >= 15 is 0 Å². The van der Waals surface area contributed by atoms with Gasteiger partial charge in [-0.25, -0.2) is 0 Å². The van der Waals surface area contributed by atoms with E-state index in [0.717, 1.165) is 11.0 Å². The Labute approximate surface area is 65.5 Å². The highest BCUT2D eigenvalue weighted by molar-refractivity contribution is 8.01. The van der Waals surface area contributed by atoms with Crippen LogP contribution in [0.15, 0.2) is 12.3 Å². The minimum absolute atomic E-state index is 0.201. The first-order valence-electron chi connectivity index (χ1n) is 3.10. The highest BCUT2D eigenvalue weighted by atomic mass is 32.2. The Balaban J connectivity index is 2.26. The molecule has 4 heteroatoms. The van der Waals surface area contributed by atoms with Crippen LogP contribution in [0.3, 0.4) is 0 Å². The zero-order valence-corrected chi connectivity index (χ0v) is 7.64. The molecule has 2 atom stereocenters. The van der Waals surface area contributed by atoms with Crippen molar-refractivity contribution in [2.45, 2.75) is 5.37 Å². The summed E-state index contributed by atoms with van der Waals surface area (Å²) in [6.45, 7) is 0. The molecule has 0 radical (unpaired) electrons. The zero-order valence-electron chi connectivity index (χ0n) is 5.41. The fourth-order valence-electron chi connectivity index (χ4n) is 1.11. The average molecular weight is 173 g/mol. The number of nitrogens with zero attached hydrogens (tertiary/aromatic N) is 1. The molecule has 2 aliphatic rings. The van der Waals surface area contributed by atoms with Crippen molar-refractivity contribution in [1.29, 1.82) is 0 Å². The molecule has 0 saturated carbocycles. The Bertz CT molecular complexity index is 238. The molecule has 0 aliphatic carbocycles. The lowest BCUT2D eigenvalue weighted by atomic mass is 10.2. The Morgan fingerprint density at radius 3 is 3.30 bits per heavy atom. The number of fused-ring (bicyclic) bond motifs is 1. The molecule has 1 unspecified atom stereocenters. The first kappa shape index (κ1) is 6.56. The van der Waals surface area contributed by atoms with Gasteiger partial charge in [0.25, 0.3) is 5.91 Å². The average Bonchev–Trinajstić information content (AvgIpc) is 2.03. The minimum atomic E-state index is 0.201. The molecule has 1 saturated heterocycles. The lowest BCUT2D eigenvalue weighted by Crippen LogP contribution is -2.57. The summed E-state index contributed by atoms with van der Waals surface area (Å²) in [4.78, 5) is 12.8. The third-order valence-corrected chi connectivity index (χ3v) is 3.87. The van der Waals surface area contributed by atoms with Gasteiger partial charge in [-0.2, -0.15) is 0 Å². The summed E-state index contributed by atoms with van der Waals surface area (Å²) in [5.74, 6) is 1.24. The standard InChI is InChI=1S/C6H8NOPS/c8-5-4(9)6-7(5)2-1-3-10-6/h1-2,6H,3H2,9H3/t6-/m0/s1. The second-order valence-electron chi connectivity index (χ2n) is 2.31. The van der Waals surface area contributed by atoms with Gasteiger partial charge in [0.2, 0.25) is 0 Å². The van der Waals surface area contributed by atoms with E-state index in [2.05, 4.69) is 0 Å². The molecular weight excluding hydrogens is 165 g/mol. The third-order valence-electron chi connectivity index (χ3n) is 1.68. The first-order valence-corrected chi connectivity index (χ1v) is 4.86. The molecule has 0 aromatic rings. The van der Waals surface area contributed by atoms with E-state index in [1.807, 2.05) is 24.0 Å². The second kappa shape index (κ2) is 2.18. The monoisotopic (exact) mass is 173 g/mol. The molecule has 0 aromatic heterocycles. The molecular formula is C6H8NOPS. The van der Waals surface area contributed by atoms with Crippen LogP contribution < -0.4 is 0 Å². The van der Waals surface area contributed by atoms with Gasteiger partial charge in [-0.1, -0.05) is 6.08 Å². The van der Waals surface area contributed by atoms with E-state index in [0.29, 0.717) is 5.37 Å². The summed E-state index contributed by atoms with van der Waals surface area (Å²) in [6, 6.07) is 0. The fraction of sp³-hybridized carbons (Fsp3) is 0.333. The highest BCUT2D eigenvalue weighted by Gasteiger charge is 2.40. The van der Waals surface area contributed by atoms with Crippen molar-refractivity contribution in [3.8, 4) is 0 Å². The van der Waals surface area contributed by atoms with Crippen LogP contribution in [0.25, 0.3) is 0 Å². The normalized spacial score (nSPS) is 30.4. The lowest BCUT2D eigenvalue weighted by Gasteiger charge is -2.41. The molecule has 54 valence electrons. The summed E-state index contributed by atoms with van der Waals surface area (Å²) in [6.07, 6.45) is 3.91. The largest absolute Gasteiger partial charge is 0.299 e. The van der Waals surface area contributed by atoms with Crippen molar-refractivity contribution >= 4 is 31.8 Å². The Morgan fingerprint density at radius 2 is 2.60 bits per heavy atom. The highest BCUT2D eigenvalue weighted by Crippen LogP contribution is 2.31. The zero-order chi connectivity index (χ0) is 7.14. The molecule has 0 bridgehead atoms. The van der Waals surface area contributed by atoms with Gasteiger partial charge in [0.1, 0.15) is 5.37 Å². The van der Waals surface area contributed by atoms with Gasteiger partial charge in [-0.05, 0) is 0 Å². The van der Waals surface area contributed by atoms with Crippen LogP contribution in [0.1, 0.15) is 0 Å². The van der Waals surface area contributed by atoms with Gasteiger partial charge in [0.15, 0.2) is 0 Å². The van der Waals surface area contributed by atoms with Crippen molar-refractivity contribution in [2.24, 2.45) is 0 Å². The molecule has 2 rings (SSSR count). The summed E-state index contributed by atoms with van der Waals surface area (Å²) in [5, 5.41) is 1.39. The fourth-order valence-corrected chi connectivity index (χ4v) is 2.85. The predicted octanol–water partition coefficient (Wildman–Crippen LogP) is 0.195. The van der Waals surface area contributed by atoms with Crippen molar-refractivity contribution in [3.63, 3.8) is 0 Å². The second-order valence-corrected chi connectivity index (χ2v) is 4.18. The maximum Gasteiger partial charge on any atom is 0.257 e. The van der Waals surface area contributed by atoms with Gasteiger partial charge in [-0.3, -0.25) is 9.69 Å². The number of amides is 1. The van der Waals surface area contributed by atoms with Crippen LogP contribution in [0.2, 0.25) is 0 Å². The van der Waals surface area contributed by atoms with Crippen molar-refractivity contribution in [3.05, 3.63) is 12.3 Å². The van der Waals surface area contributed by atoms with Crippen molar-refractivity contribution in [2.75, 3.05) is 5.75 Å². The Kier molecular flexibility index (Phi) is 1.43. The van der Waals surface area contributed by atoms with Crippen LogP contribution in [0, 0.1) is 0 Å². The molecule has 10 heavy (non-hydrogen) atoms. The minimum Gasteiger partial charge on any atom is -0.299 e. The molecule has 0 N–H and O–H groups in total. The molecule has 0 aromatic carbocycles. The van der Waals surface area contributed by atoms with E-state index in [-0.39, 0.29) is 5.91 Å². The number of β-lactam (4-membered cyclic amide) rings is 1. The third kappa shape index (κ3) is 0.708. The first-order chi connectivity index (χ1) is 4.80. The smallest absolute Gasteiger partial charge is 0.257 e. The lowest BCUT2D eigenvalue weighted by molar-refractivity contribution is -0.125. The number of thioether (sulfide) groups is 1. The van der Waals surface area contributed by atoms with Gasteiger partial charge < -0.3 is 0 Å². The van der Waals surface area contributed by atoms with E-state index in [1.54, 1.807) is 13.8 Å². The summed E-state index contributed by atoms with van der Waals surface area (Å²) in [7, 11) is 1.72. The van der Waals surface area contributed by atoms with Gasteiger partial charge in [0.05, 0.1) is 0 Å². The van der Waals surface area contributed by atoms with Crippen molar-refractivity contribution in [1.82, 2.24) is 4.90 Å². The van der Waals surface area contributed by atoms with Crippen LogP contribution in [-0.2, 0) is 4.79 Å². The van der Waals surface area contributed by atoms with Crippen LogP contribution in [0.4, 0.5) is 0 Å². The summed E-state index contributed by atoms with van der Waals surface area (Å²) < 4.78 is 0. The van der Waals surface area contributed by atoms with E-state index in [9.17, 15) is 4.79 Å². The molecule has 2 nitrogen and oxygen atoms in total. The number of hydrogen-bond donors (Lipinski definition) is 0. The number of rotatable bonds is 0. The molecule has 2 heterocycles. The summed E-state index contributed by atoms with van der Waals surface area (Å²) in [5.41, 5.74) is 0. The molecule has 1 amide bonds. The molecule has 2 aliphatic heterocycles. The maximum absolute atomic E-state index is 11.0. The number of carbonyl (C=O) groups is 1. The number of hydrogen-bond acceptors (Lipinski definition) is 2. The van der Waals surface area contributed by atoms with E-state index < -0.39 is 0 Å². The Morgan fingerprint density at radius 1 is 1.80 bits per heavy atom. The topological polar surface area (TPSA) is 20.3 Å². The molecule has 0 spiro atoms. The maximum atomic E-state index is 11.0. The van der Waals surface area contributed by atoms with Crippen LogP contribution >= 0.6 is 20.6 Å². The van der Waals surface area contributed by atoms with E-state index in [4.69, 9.17) is 0 Å². The van der Waals surface area contributed by atoms with Crippen LogP contribution in [-0.4, -0.2) is 27.2 Å². The van der Waals surface area contributed by atoms with Gasteiger partial charge in [0, 0.05) is 17.2 Å². The van der Waals surface area contributed by atoms with E-state index in [1.165, 1.54) is 0 Å². The summed E-state index contributed by atoms with van der Waals surface area (Å²) >= 11 is 1.81. The Hall–Kier alpha value is -0.140. The van der Waals surface area contributed by atoms with Crippen LogP contribution in [0.5, 0.6) is 0 Å². The van der Waals surface area contributed by atoms with Gasteiger partial charge in [-0.15, -0.1) is 20.6 Å². The quantitative estimate of drug-likeness (QED) is 0.385. The van der Waals surface area contributed by atoms with Crippen molar-refractivity contribution < 1.29 is 4.79 Å².